The van der Waals surface area contributed by atoms with Crippen LogP contribution in [0.3, 0.4) is 0 Å². The molecule has 1 unspecified atom stereocenters. The molecule has 3 rings (SSSR count). The van der Waals surface area contributed by atoms with Crippen LogP contribution in [0.2, 0.25) is 0 Å². The van der Waals surface area contributed by atoms with E-state index in [0.29, 0.717) is 12.3 Å². The highest BCUT2D eigenvalue weighted by Crippen LogP contribution is 2.41. The van der Waals surface area contributed by atoms with Crippen molar-refractivity contribution in [2.75, 3.05) is 0 Å². The Balaban J connectivity index is 1.88. The molecule has 21 heavy (non-hydrogen) atoms. The minimum atomic E-state index is -0.475. The third kappa shape index (κ3) is 2.99. The van der Waals surface area contributed by atoms with Gasteiger partial charge in [-0.3, -0.25) is 0 Å². The van der Waals surface area contributed by atoms with Crippen molar-refractivity contribution in [2.24, 2.45) is 0 Å². The van der Waals surface area contributed by atoms with Crippen LogP contribution in [0, 0.1) is 0 Å². The summed E-state index contributed by atoms with van der Waals surface area (Å²) in [5, 5.41) is 10.3. The van der Waals surface area contributed by atoms with Gasteiger partial charge in [-0.1, -0.05) is 60.1 Å². The van der Waals surface area contributed by atoms with Gasteiger partial charge in [-0.05, 0) is 29.2 Å². The summed E-state index contributed by atoms with van der Waals surface area (Å²) in [6.07, 6.45) is 0.0231. The molecule has 0 amide bonds. The molecule has 0 saturated carbocycles. The molecule has 0 aliphatic carbocycles. The average molecular weight is 347 g/mol. The number of aliphatic hydroxyl groups is 1. The summed E-state index contributed by atoms with van der Waals surface area (Å²) in [7, 11) is 0. The first-order valence-corrected chi connectivity index (χ1v) is 8.08. The van der Waals surface area contributed by atoms with Gasteiger partial charge >= 0.3 is 0 Å². The lowest BCUT2D eigenvalue weighted by Crippen LogP contribution is -2.19. The van der Waals surface area contributed by atoms with E-state index in [4.69, 9.17) is 4.74 Å². The molecule has 1 N–H and O–H groups in total. The number of hydrogen-bond acceptors (Lipinski definition) is 2. The summed E-state index contributed by atoms with van der Waals surface area (Å²) < 4.78 is 7.04. The van der Waals surface area contributed by atoms with E-state index in [2.05, 4.69) is 54.0 Å². The molecule has 2 aromatic carbocycles. The Bertz CT molecular complexity index is 634. The molecule has 1 heterocycles. The Hall–Kier alpha value is -1.32. The zero-order valence-electron chi connectivity index (χ0n) is 12.2. The van der Waals surface area contributed by atoms with E-state index in [1.165, 1.54) is 5.56 Å². The topological polar surface area (TPSA) is 29.5 Å². The number of ether oxygens (including phenoxy) is 1. The molecule has 1 aliphatic heterocycles. The lowest BCUT2D eigenvalue weighted by Gasteiger charge is -2.30. The third-order valence-corrected chi connectivity index (χ3v) is 4.51. The third-order valence-electron chi connectivity index (χ3n) is 4.02. The second-order valence-electron chi connectivity index (χ2n) is 5.86. The fourth-order valence-corrected chi connectivity index (χ4v) is 3.06. The van der Waals surface area contributed by atoms with Gasteiger partial charge < -0.3 is 9.84 Å². The van der Waals surface area contributed by atoms with Crippen LogP contribution < -0.4 is 4.74 Å². The molecule has 2 nitrogen and oxygen atoms in total. The average Bonchev–Trinajstić information content (AvgIpc) is 2.46. The Morgan fingerprint density at radius 3 is 2.52 bits per heavy atom. The fraction of sp³-hybridized carbons (Fsp3) is 0.333. The number of hydrogen-bond donors (Lipinski definition) is 1. The van der Waals surface area contributed by atoms with Crippen LogP contribution in [0.1, 0.15) is 55.1 Å². The molecule has 0 fully saturated rings. The predicted molar refractivity (Wildman–Crippen MR) is 87.6 cm³/mol. The van der Waals surface area contributed by atoms with Crippen LogP contribution in [0.25, 0.3) is 0 Å². The number of rotatable bonds is 2. The van der Waals surface area contributed by atoms with Gasteiger partial charge in [0.2, 0.25) is 0 Å². The van der Waals surface area contributed by atoms with Gasteiger partial charge in [0.05, 0.1) is 6.10 Å². The van der Waals surface area contributed by atoms with Gasteiger partial charge in [0, 0.05) is 16.5 Å². The van der Waals surface area contributed by atoms with Gasteiger partial charge in [0.1, 0.15) is 11.9 Å². The zero-order valence-corrected chi connectivity index (χ0v) is 13.8. The van der Waals surface area contributed by atoms with Gasteiger partial charge in [0.15, 0.2) is 0 Å². The number of fused-ring (bicyclic) bond motifs is 1. The van der Waals surface area contributed by atoms with Crippen molar-refractivity contribution in [1.29, 1.82) is 0 Å². The van der Waals surface area contributed by atoms with Crippen molar-refractivity contribution in [1.82, 2.24) is 0 Å². The van der Waals surface area contributed by atoms with Crippen LogP contribution in [-0.2, 0) is 0 Å². The molecule has 0 aromatic heterocycles. The van der Waals surface area contributed by atoms with Crippen LogP contribution in [0.5, 0.6) is 5.75 Å². The molecular formula is C18H19BrO2. The smallest absolute Gasteiger partial charge is 0.127 e. The predicted octanol–water partition coefficient (Wildman–Crippen LogP) is 5.13. The van der Waals surface area contributed by atoms with Crippen molar-refractivity contribution in [3.05, 3.63) is 63.6 Å². The van der Waals surface area contributed by atoms with E-state index in [0.717, 1.165) is 21.3 Å². The zero-order chi connectivity index (χ0) is 15.0. The Labute approximate surface area is 133 Å². The summed E-state index contributed by atoms with van der Waals surface area (Å²) in [4.78, 5) is 0. The maximum absolute atomic E-state index is 10.3. The molecular weight excluding hydrogens is 328 g/mol. The van der Waals surface area contributed by atoms with Gasteiger partial charge in [-0.25, -0.2) is 0 Å². The molecule has 110 valence electrons. The van der Waals surface area contributed by atoms with Crippen molar-refractivity contribution in [3.8, 4) is 5.75 Å². The van der Waals surface area contributed by atoms with Crippen LogP contribution in [0.4, 0.5) is 0 Å². The minimum Gasteiger partial charge on any atom is -0.485 e. The second kappa shape index (κ2) is 5.82. The molecule has 0 radical (unpaired) electrons. The second-order valence-corrected chi connectivity index (χ2v) is 6.78. The monoisotopic (exact) mass is 346 g/mol. The van der Waals surface area contributed by atoms with Crippen molar-refractivity contribution in [2.45, 2.75) is 38.4 Å². The molecule has 0 saturated heterocycles. The van der Waals surface area contributed by atoms with Crippen molar-refractivity contribution in [3.63, 3.8) is 0 Å². The van der Waals surface area contributed by atoms with Crippen molar-refractivity contribution < 1.29 is 9.84 Å². The molecule has 0 bridgehead atoms. The van der Waals surface area contributed by atoms with E-state index in [1.807, 2.05) is 18.2 Å². The van der Waals surface area contributed by atoms with Gasteiger partial charge in [-0.15, -0.1) is 0 Å². The quantitative estimate of drug-likeness (QED) is 0.816. The standard InChI is InChI=1S/C18H19BrO2/c1-11(2)12-3-5-13(6-4-12)17-10-16(20)15-8-7-14(19)9-18(15)21-17/h3-9,11,16-17,20H,10H2,1-2H3/t16-,17?/m0/s1. The fourth-order valence-electron chi connectivity index (χ4n) is 2.72. The first-order valence-electron chi connectivity index (χ1n) is 7.28. The maximum atomic E-state index is 10.3. The number of halogens is 1. The molecule has 1 aliphatic rings. The van der Waals surface area contributed by atoms with E-state index >= 15 is 0 Å². The summed E-state index contributed by atoms with van der Waals surface area (Å²) in [5.41, 5.74) is 3.30. The van der Waals surface area contributed by atoms with E-state index < -0.39 is 6.10 Å². The summed E-state index contributed by atoms with van der Waals surface area (Å²) in [6, 6.07) is 14.3. The molecule has 0 spiro atoms. The van der Waals surface area contributed by atoms with Crippen molar-refractivity contribution >= 4 is 15.9 Å². The van der Waals surface area contributed by atoms with E-state index in [1.54, 1.807) is 0 Å². The highest BCUT2D eigenvalue weighted by atomic mass is 79.9. The minimum absolute atomic E-state index is 0.0944. The largest absolute Gasteiger partial charge is 0.485 e. The number of benzene rings is 2. The molecule has 3 heteroatoms. The first kappa shape index (κ1) is 14.6. The summed E-state index contributed by atoms with van der Waals surface area (Å²) >= 11 is 3.45. The summed E-state index contributed by atoms with van der Waals surface area (Å²) in [6.45, 7) is 4.37. The van der Waals surface area contributed by atoms with Crippen LogP contribution in [-0.4, -0.2) is 5.11 Å². The normalized spacial score (nSPS) is 21.0. The molecule has 2 atom stereocenters. The highest BCUT2D eigenvalue weighted by Gasteiger charge is 2.28. The Morgan fingerprint density at radius 1 is 1.14 bits per heavy atom. The highest BCUT2D eigenvalue weighted by molar-refractivity contribution is 9.10. The van der Waals surface area contributed by atoms with Crippen LogP contribution in [0.15, 0.2) is 46.9 Å². The first-order chi connectivity index (χ1) is 10.0. The molecule has 2 aromatic rings. The Morgan fingerprint density at radius 2 is 1.86 bits per heavy atom. The van der Waals surface area contributed by atoms with Gasteiger partial charge in [0.25, 0.3) is 0 Å². The Kier molecular flexibility index (Phi) is 4.05. The number of aliphatic hydroxyl groups excluding tert-OH is 1. The van der Waals surface area contributed by atoms with E-state index in [9.17, 15) is 5.11 Å². The van der Waals surface area contributed by atoms with Gasteiger partial charge in [-0.2, -0.15) is 0 Å². The lowest BCUT2D eigenvalue weighted by molar-refractivity contribution is 0.0657. The maximum Gasteiger partial charge on any atom is 0.127 e. The summed E-state index contributed by atoms with van der Waals surface area (Å²) in [5.74, 6) is 1.29. The van der Waals surface area contributed by atoms with Crippen LogP contribution >= 0.6 is 15.9 Å². The van der Waals surface area contributed by atoms with E-state index in [-0.39, 0.29) is 6.10 Å². The SMILES string of the molecule is CC(C)c1ccc(C2C[C@H](O)c3ccc(Br)cc3O2)cc1. The lowest BCUT2D eigenvalue weighted by atomic mass is 9.93.